The van der Waals surface area contributed by atoms with Gasteiger partial charge < -0.3 is 10.1 Å². The number of hydrogen-bond acceptors (Lipinski definition) is 3. The summed E-state index contributed by atoms with van der Waals surface area (Å²) in [6.45, 7) is 0.371. The van der Waals surface area contributed by atoms with Gasteiger partial charge in [0.15, 0.2) is 0 Å². The van der Waals surface area contributed by atoms with E-state index in [2.05, 4.69) is 34.5 Å². The Balaban J connectivity index is 1.62. The minimum atomic E-state index is -0.00914. The molecule has 0 heterocycles. The number of anilines is 1. The normalized spacial score (nSPS) is 16.2. The van der Waals surface area contributed by atoms with Gasteiger partial charge in [-0.15, -0.1) is 0 Å². The zero-order valence-corrected chi connectivity index (χ0v) is 13.6. The van der Waals surface area contributed by atoms with Crippen molar-refractivity contribution in [3.63, 3.8) is 0 Å². The van der Waals surface area contributed by atoms with E-state index in [4.69, 9.17) is 4.74 Å². The first-order valence-corrected chi connectivity index (χ1v) is 7.89. The molecule has 0 saturated heterocycles. The number of carbonyl (C=O) groups excluding carboxylic acids is 1. The number of fused-ring (bicyclic) bond motifs is 1. The molecule has 0 aliphatic heterocycles. The van der Waals surface area contributed by atoms with Gasteiger partial charge in [0, 0.05) is 17.8 Å². The summed E-state index contributed by atoms with van der Waals surface area (Å²) in [6, 6.07) is 16.2. The third kappa shape index (κ3) is 3.54. The molecule has 0 bridgehead atoms. The number of ether oxygens (including phenoxy) is 1. The van der Waals surface area contributed by atoms with Crippen molar-refractivity contribution in [2.75, 3.05) is 26.0 Å². The maximum Gasteiger partial charge on any atom is 0.238 e. The number of rotatable bonds is 5. The summed E-state index contributed by atoms with van der Waals surface area (Å²) in [6.07, 6.45) is 2.16. The highest BCUT2D eigenvalue weighted by Gasteiger charge is 2.26. The number of likely N-dealkylation sites (N-methyl/N-ethyl adjacent to an activating group) is 1. The average molecular weight is 310 g/mol. The highest BCUT2D eigenvalue weighted by Crippen LogP contribution is 2.34. The van der Waals surface area contributed by atoms with Crippen molar-refractivity contribution in [2.45, 2.75) is 18.9 Å². The number of hydrogen-bond donors (Lipinski definition) is 1. The second-order valence-corrected chi connectivity index (χ2v) is 5.95. The Morgan fingerprint density at radius 1 is 1.26 bits per heavy atom. The largest absolute Gasteiger partial charge is 0.497 e. The fourth-order valence-electron chi connectivity index (χ4n) is 3.23. The molecule has 3 rings (SSSR count). The first-order valence-electron chi connectivity index (χ1n) is 7.89. The van der Waals surface area contributed by atoms with Crippen LogP contribution in [0, 0.1) is 0 Å². The van der Waals surface area contributed by atoms with Gasteiger partial charge in [0.25, 0.3) is 0 Å². The van der Waals surface area contributed by atoms with E-state index >= 15 is 0 Å². The van der Waals surface area contributed by atoms with E-state index in [1.165, 1.54) is 11.1 Å². The summed E-state index contributed by atoms with van der Waals surface area (Å²) < 4.78 is 5.18. The van der Waals surface area contributed by atoms with Gasteiger partial charge in [0.05, 0.1) is 13.7 Å². The number of nitrogens with zero attached hydrogens (tertiary/aromatic N) is 1. The third-order valence-electron chi connectivity index (χ3n) is 4.38. The zero-order valence-electron chi connectivity index (χ0n) is 13.6. The number of amides is 1. The van der Waals surface area contributed by atoms with E-state index in [-0.39, 0.29) is 5.91 Å². The SMILES string of the molecule is COc1cccc(NC(=O)CN(C)C2CCc3ccccc32)c1. The van der Waals surface area contributed by atoms with Crippen molar-refractivity contribution < 1.29 is 9.53 Å². The second kappa shape index (κ2) is 6.84. The molecule has 1 unspecified atom stereocenters. The van der Waals surface area contributed by atoms with Gasteiger partial charge in [-0.1, -0.05) is 30.3 Å². The Morgan fingerprint density at radius 3 is 2.91 bits per heavy atom. The molecule has 0 saturated carbocycles. The molecule has 0 aromatic heterocycles. The van der Waals surface area contributed by atoms with Crippen molar-refractivity contribution in [3.05, 3.63) is 59.7 Å². The Morgan fingerprint density at radius 2 is 2.09 bits per heavy atom. The second-order valence-electron chi connectivity index (χ2n) is 5.95. The summed E-state index contributed by atoms with van der Waals surface area (Å²) in [7, 11) is 3.63. The predicted octanol–water partition coefficient (Wildman–Crippen LogP) is 3.25. The molecule has 0 spiro atoms. The lowest BCUT2D eigenvalue weighted by Gasteiger charge is -2.24. The molecule has 1 N–H and O–H groups in total. The topological polar surface area (TPSA) is 41.6 Å². The van der Waals surface area contributed by atoms with Crippen LogP contribution in [0.1, 0.15) is 23.6 Å². The Labute approximate surface area is 137 Å². The van der Waals surface area contributed by atoms with E-state index in [9.17, 15) is 4.79 Å². The zero-order chi connectivity index (χ0) is 16.2. The average Bonchev–Trinajstić information content (AvgIpc) is 2.99. The molecule has 1 aliphatic carbocycles. The lowest BCUT2D eigenvalue weighted by molar-refractivity contribution is -0.117. The summed E-state index contributed by atoms with van der Waals surface area (Å²) in [4.78, 5) is 14.4. The molecule has 2 aromatic carbocycles. The highest BCUT2D eigenvalue weighted by molar-refractivity contribution is 5.92. The molecule has 4 heteroatoms. The molecule has 120 valence electrons. The summed E-state index contributed by atoms with van der Waals surface area (Å²) in [5.41, 5.74) is 3.51. The number of carbonyl (C=O) groups is 1. The molecule has 0 radical (unpaired) electrons. The molecule has 1 amide bonds. The van der Waals surface area contributed by atoms with E-state index in [1.54, 1.807) is 7.11 Å². The maximum absolute atomic E-state index is 12.3. The van der Waals surface area contributed by atoms with Crippen LogP contribution in [0.25, 0.3) is 0 Å². The maximum atomic E-state index is 12.3. The molecule has 1 aliphatic rings. The Bertz CT molecular complexity index is 699. The van der Waals surface area contributed by atoms with E-state index in [0.717, 1.165) is 24.3 Å². The van der Waals surface area contributed by atoms with Crippen LogP contribution in [0.2, 0.25) is 0 Å². The van der Waals surface area contributed by atoms with Gasteiger partial charge in [0.2, 0.25) is 5.91 Å². The van der Waals surface area contributed by atoms with Crippen LogP contribution in [0.3, 0.4) is 0 Å². The minimum absolute atomic E-state index is 0.00914. The van der Waals surface area contributed by atoms with Crippen LogP contribution in [-0.4, -0.2) is 31.5 Å². The third-order valence-corrected chi connectivity index (χ3v) is 4.38. The number of aryl methyl sites for hydroxylation is 1. The van der Waals surface area contributed by atoms with Crippen molar-refractivity contribution in [1.82, 2.24) is 4.90 Å². The monoisotopic (exact) mass is 310 g/mol. The van der Waals surface area contributed by atoms with Gasteiger partial charge in [-0.05, 0) is 43.1 Å². The first-order chi connectivity index (χ1) is 11.2. The summed E-state index contributed by atoms with van der Waals surface area (Å²) >= 11 is 0. The fourth-order valence-corrected chi connectivity index (χ4v) is 3.23. The number of benzene rings is 2. The highest BCUT2D eigenvalue weighted by atomic mass is 16.5. The smallest absolute Gasteiger partial charge is 0.238 e. The van der Waals surface area contributed by atoms with Gasteiger partial charge in [-0.2, -0.15) is 0 Å². The molecule has 2 aromatic rings. The lowest BCUT2D eigenvalue weighted by Crippen LogP contribution is -2.32. The van der Waals surface area contributed by atoms with E-state index in [0.29, 0.717) is 12.6 Å². The first kappa shape index (κ1) is 15.6. The minimum Gasteiger partial charge on any atom is -0.497 e. The van der Waals surface area contributed by atoms with Crippen LogP contribution in [-0.2, 0) is 11.2 Å². The fraction of sp³-hybridized carbons (Fsp3) is 0.316. The Kier molecular flexibility index (Phi) is 4.63. The molecule has 1 atom stereocenters. The van der Waals surface area contributed by atoms with Crippen molar-refractivity contribution in [3.8, 4) is 5.75 Å². The van der Waals surface area contributed by atoms with Crippen LogP contribution in [0.4, 0.5) is 5.69 Å². The predicted molar refractivity (Wildman–Crippen MR) is 91.8 cm³/mol. The molecular weight excluding hydrogens is 288 g/mol. The molecule has 23 heavy (non-hydrogen) atoms. The van der Waals surface area contributed by atoms with Gasteiger partial charge in [0.1, 0.15) is 5.75 Å². The van der Waals surface area contributed by atoms with Crippen LogP contribution < -0.4 is 10.1 Å². The van der Waals surface area contributed by atoms with E-state index < -0.39 is 0 Å². The van der Waals surface area contributed by atoms with Crippen LogP contribution in [0.5, 0.6) is 5.75 Å². The van der Waals surface area contributed by atoms with Gasteiger partial charge >= 0.3 is 0 Å². The molecule has 0 fully saturated rings. The van der Waals surface area contributed by atoms with Gasteiger partial charge in [-0.25, -0.2) is 0 Å². The van der Waals surface area contributed by atoms with Crippen molar-refractivity contribution in [1.29, 1.82) is 0 Å². The quantitative estimate of drug-likeness (QED) is 0.921. The van der Waals surface area contributed by atoms with Crippen molar-refractivity contribution >= 4 is 11.6 Å². The van der Waals surface area contributed by atoms with Crippen LogP contribution >= 0.6 is 0 Å². The number of nitrogens with one attached hydrogen (secondary N) is 1. The van der Waals surface area contributed by atoms with Crippen LogP contribution in [0.15, 0.2) is 48.5 Å². The summed E-state index contributed by atoms with van der Waals surface area (Å²) in [5.74, 6) is 0.728. The molecule has 4 nitrogen and oxygen atoms in total. The summed E-state index contributed by atoms with van der Waals surface area (Å²) in [5, 5.41) is 2.93. The van der Waals surface area contributed by atoms with Crippen molar-refractivity contribution in [2.24, 2.45) is 0 Å². The van der Waals surface area contributed by atoms with E-state index in [1.807, 2.05) is 31.3 Å². The van der Waals surface area contributed by atoms with Gasteiger partial charge in [-0.3, -0.25) is 9.69 Å². The number of methoxy groups -OCH3 is 1. The Hall–Kier alpha value is -2.33. The molecular formula is C19H22N2O2. The lowest BCUT2D eigenvalue weighted by atomic mass is 10.1. The standard InChI is InChI=1S/C19H22N2O2/c1-21(18-11-10-14-6-3-4-9-17(14)18)13-19(22)20-15-7-5-8-16(12-15)23-2/h3-9,12,18H,10-11,13H2,1-2H3,(H,20,22).